The van der Waals surface area contributed by atoms with Crippen LogP contribution in [0.25, 0.3) is 11.4 Å². The SMILES string of the molecule is CNC(=O)C1Cc2ccccc2CN1Cc1nc(-c2ccccc2Cl)no1. The van der Waals surface area contributed by atoms with Gasteiger partial charge >= 0.3 is 0 Å². The molecule has 0 aliphatic carbocycles. The van der Waals surface area contributed by atoms with Gasteiger partial charge in [-0.2, -0.15) is 4.98 Å². The fraction of sp³-hybridized carbons (Fsp3) is 0.250. The number of aromatic nitrogens is 2. The van der Waals surface area contributed by atoms with Crippen molar-refractivity contribution >= 4 is 17.5 Å². The number of rotatable bonds is 4. The molecule has 3 aromatic rings. The number of nitrogens with one attached hydrogen (secondary N) is 1. The third-order valence-electron chi connectivity index (χ3n) is 4.82. The van der Waals surface area contributed by atoms with Gasteiger partial charge < -0.3 is 9.84 Å². The van der Waals surface area contributed by atoms with Gasteiger partial charge in [0.1, 0.15) is 0 Å². The summed E-state index contributed by atoms with van der Waals surface area (Å²) in [5.41, 5.74) is 3.13. The van der Waals surface area contributed by atoms with Crippen molar-refractivity contribution in [3.05, 3.63) is 70.6 Å². The van der Waals surface area contributed by atoms with Gasteiger partial charge in [-0.15, -0.1) is 0 Å². The molecule has 2 aromatic carbocycles. The lowest BCUT2D eigenvalue weighted by Crippen LogP contribution is -2.49. The lowest BCUT2D eigenvalue weighted by molar-refractivity contribution is -0.126. The van der Waals surface area contributed by atoms with Crippen LogP contribution in [0, 0.1) is 0 Å². The van der Waals surface area contributed by atoms with Crippen LogP contribution in [-0.2, 0) is 24.3 Å². The van der Waals surface area contributed by atoms with E-state index in [1.54, 1.807) is 13.1 Å². The molecule has 138 valence electrons. The summed E-state index contributed by atoms with van der Waals surface area (Å²) in [7, 11) is 1.66. The van der Waals surface area contributed by atoms with Crippen molar-refractivity contribution in [2.45, 2.75) is 25.6 Å². The van der Waals surface area contributed by atoms with Crippen LogP contribution in [0.5, 0.6) is 0 Å². The molecule has 0 bridgehead atoms. The maximum absolute atomic E-state index is 12.4. The third-order valence-corrected chi connectivity index (χ3v) is 5.15. The highest BCUT2D eigenvalue weighted by molar-refractivity contribution is 6.33. The lowest BCUT2D eigenvalue weighted by atomic mass is 9.93. The van der Waals surface area contributed by atoms with Crippen molar-refractivity contribution < 1.29 is 9.32 Å². The Morgan fingerprint density at radius 1 is 1.22 bits per heavy atom. The summed E-state index contributed by atoms with van der Waals surface area (Å²) in [6, 6.07) is 15.3. The first-order valence-electron chi connectivity index (χ1n) is 8.75. The Morgan fingerprint density at radius 3 is 2.74 bits per heavy atom. The van der Waals surface area contributed by atoms with E-state index in [4.69, 9.17) is 16.1 Å². The van der Waals surface area contributed by atoms with Crippen molar-refractivity contribution in [1.82, 2.24) is 20.4 Å². The standard InChI is InChI=1S/C20H19ClN4O2/c1-22-20(26)17-10-13-6-2-3-7-14(13)11-25(17)12-18-23-19(24-27-18)15-8-4-5-9-16(15)21/h2-9,17H,10-12H2,1H3,(H,22,26). The number of fused-ring (bicyclic) bond motifs is 1. The average Bonchev–Trinajstić information content (AvgIpc) is 3.15. The predicted molar refractivity (Wildman–Crippen MR) is 102 cm³/mol. The zero-order chi connectivity index (χ0) is 18.8. The minimum absolute atomic E-state index is 0.0182. The fourth-order valence-electron chi connectivity index (χ4n) is 3.41. The molecule has 0 radical (unpaired) electrons. The van der Waals surface area contributed by atoms with Crippen LogP contribution in [0.2, 0.25) is 5.02 Å². The van der Waals surface area contributed by atoms with Crippen molar-refractivity contribution in [2.24, 2.45) is 0 Å². The number of benzene rings is 2. The van der Waals surface area contributed by atoms with E-state index >= 15 is 0 Å². The molecular weight excluding hydrogens is 364 g/mol. The number of hydrogen-bond donors (Lipinski definition) is 1. The second-order valence-electron chi connectivity index (χ2n) is 6.50. The van der Waals surface area contributed by atoms with Gasteiger partial charge in [0.05, 0.1) is 17.6 Å². The molecule has 6 nitrogen and oxygen atoms in total. The summed E-state index contributed by atoms with van der Waals surface area (Å²) in [5, 5.41) is 7.37. The van der Waals surface area contributed by atoms with Gasteiger partial charge in [0.2, 0.25) is 17.6 Å². The van der Waals surface area contributed by atoms with Crippen molar-refractivity contribution in [3.63, 3.8) is 0 Å². The van der Waals surface area contributed by atoms with Crippen LogP contribution in [-0.4, -0.2) is 34.0 Å². The molecule has 1 unspecified atom stereocenters. The van der Waals surface area contributed by atoms with Gasteiger partial charge in [-0.05, 0) is 29.7 Å². The number of hydrogen-bond acceptors (Lipinski definition) is 5. The van der Waals surface area contributed by atoms with E-state index in [-0.39, 0.29) is 11.9 Å². The first-order valence-corrected chi connectivity index (χ1v) is 9.13. The molecule has 4 rings (SSSR count). The van der Waals surface area contributed by atoms with Crippen LogP contribution in [0.4, 0.5) is 0 Å². The topological polar surface area (TPSA) is 71.3 Å². The molecule has 0 fully saturated rings. The normalized spacial score (nSPS) is 16.7. The van der Waals surface area contributed by atoms with E-state index in [9.17, 15) is 4.79 Å². The van der Waals surface area contributed by atoms with Crippen LogP contribution >= 0.6 is 11.6 Å². The molecule has 1 amide bonds. The molecule has 1 aliphatic rings. The fourth-order valence-corrected chi connectivity index (χ4v) is 3.63. The summed E-state index contributed by atoms with van der Waals surface area (Å²) in [5.74, 6) is 0.887. The number of carbonyl (C=O) groups is 1. The van der Waals surface area contributed by atoms with E-state index in [1.807, 2.05) is 30.3 Å². The van der Waals surface area contributed by atoms with Gasteiger partial charge in [-0.1, -0.05) is 53.2 Å². The van der Waals surface area contributed by atoms with Crippen LogP contribution in [0.3, 0.4) is 0 Å². The number of amides is 1. The second-order valence-corrected chi connectivity index (χ2v) is 6.91. The van der Waals surface area contributed by atoms with E-state index < -0.39 is 0 Å². The van der Waals surface area contributed by atoms with Crippen molar-refractivity contribution in [2.75, 3.05) is 7.05 Å². The molecule has 1 N–H and O–H groups in total. The van der Waals surface area contributed by atoms with Crippen LogP contribution in [0.15, 0.2) is 53.1 Å². The van der Waals surface area contributed by atoms with Crippen molar-refractivity contribution in [3.8, 4) is 11.4 Å². The first kappa shape index (κ1) is 17.7. The van der Waals surface area contributed by atoms with E-state index in [0.717, 1.165) is 5.56 Å². The van der Waals surface area contributed by atoms with Crippen LogP contribution < -0.4 is 5.32 Å². The highest BCUT2D eigenvalue weighted by atomic mass is 35.5. The summed E-state index contributed by atoms with van der Waals surface area (Å²) in [6.45, 7) is 1.04. The first-order chi connectivity index (χ1) is 13.2. The van der Waals surface area contributed by atoms with Crippen LogP contribution in [0.1, 0.15) is 17.0 Å². The number of carbonyl (C=O) groups excluding carboxylic acids is 1. The molecule has 27 heavy (non-hydrogen) atoms. The van der Waals surface area contributed by atoms with Gasteiger partial charge in [-0.3, -0.25) is 9.69 Å². The number of halogens is 1. The monoisotopic (exact) mass is 382 g/mol. The molecule has 7 heteroatoms. The Kier molecular flexibility index (Phi) is 4.92. The Balaban J connectivity index is 1.59. The number of likely N-dealkylation sites (N-methyl/N-ethyl adjacent to an activating group) is 1. The molecule has 0 spiro atoms. The highest BCUT2D eigenvalue weighted by Gasteiger charge is 2.32. The minimum Gasteiger partial charge on any atom is -0.358 e. The highest BCUT2D eigenvalue weighted by Crippen LogP contribution is 2.27. The Bertz CT molecular complexity index is 972. The zero-order valence-corrected chi connectivity index (χ0v) is 15.6. The maximum atomic E-state index is 12.4. The van der Waals surface area contributed by atoms with E-state index in [1.165, 1.54) is 11.1 Å². The smallest absolute Gasteiger partial charge is 0.241 e. The summed E-state index contributed by atoms with van der Waals surface area (Å²) < 4.78 is 5.43. The third kappa shape index (κ3) is 3.59. The lowest BCUT2D eigenvalue weighted by Gasteiger charge is -2.34. The summed E-state index contributed by atoms with van der Waals surface area (Å²) in [6.07, 6.45) is 0.654. The Labute approximate surface area is 162 Å². The number of nitrogens with zero attached hydrogens (tertiary/aromatic N) is 3. The molecule has 0 saturated carbocycles. The Hall–Kier alpha value is -2.70. The maximum Gasteiger partial charge on any atom is 0.241 e. The van der Waals surface area contributed by atoms with E-state index in [2.05, 4.69) is 32.5 Å². The van der Waals surface area contributed by atoms with Gasteiger partial charge in [0.25, 0.3) is 0 Å². The molecule has 0 saturated heterocycles. The van der Waals surface area contributed by atoms with Gasteiger partial charge in [-0.25, -0.2) is 0 Å². The van der Waals surface area contributed by atoms with Gasteiger partial charge in [0, 0.05) is 19.2 Å². The molecule has 1 aliphatic heterocycles. The predicted octanol–water partition coefficient (Wildman–Crippen LogP) is 3.06. The second kappa shape index (κ2) is 7.50. The molecular formula is C20H19ClN4O2. The molecule has 1 atom stereocenters. The average molecular weight is 383 g/mol. The molecule has 2 heterocycles. The van der Waals surface area contributed by atoms with Crippen molar-refractivity contribution in [1.29, 1.82) is 0 Å². The summed E-state index contributed by atoms with van der Waals surface area (Å²) in [4.78, 5) is 18.9. The largest absolute Gasteiger partial charge is 0.358 e. The Morgan fingerprint density at radius 2 is 1.96 bits per heavy atom. The summed E-state index contributed by atoms with van der Waals surface area (Å²) >= 11 is 6.21. The molecule has 1 aromatic heterocycles. The minimum atomic E-state index is -0.277. The van der Waals surface area contributed by atoms with Gasteiger partial charge in [0.15, 0.2) is 0 Å². The quantitative estimate of drug-likeness (QED) is 0.750. The van der Waals surface area contributed by atoms with E-state index in [0.29, 0.717) is 36.2 Å². The zero-order valence-electron chi connectivity index (χ0n) is 14.9.